The maximum atomic E-state index is 13.1. The lowest BCUT2D eigenvalue weighted by molar-refractivity contribution is -0.137. The molecule has 0 spiro atoms. The summed E-state index contributed by atoms with van der Waals surface area (Å²) in [4.78, 5) is 47.6. The van der Waals surface area contributed by atoms with Gasteiger partial charge in [-0.15, -0.1) is 0 Å². The van der Waals surface area contributed by atoms with Crippen molar-refractivity contribution in [3.05, 3.63) is 35.3 Å². The first-order chi connectivity index (χ1) is 18.4. The quantitative estimate of drug-likeness (QED) is 0.418. The van der Waals surface area contributed by atoms with Gasteiger partial charge in [-0.3, -0.25) is 19.3 Å². The van der Waals surface area contributed by atoms with Crippen LogP contribution in [0.25, 0.3) is 11.3 Å². The number of benzene rings is 1. The van der Waals surface area contributed by atoms with Crippen LogP contribution in [-0.2, 0) is 9.59 Å². The van der Waals surface area contributed by atoms with Gasteiger partial charge in [0.25, 0.3) is 5.91 Å². The highest BCUT2D eigenvalue weighted by Gasteiger charge is 2.27. The molecule has 206 valence electrons. The first kappa shape index (κ1) is 28.0. The SMILES string of the molecule is CN(c1sc(C(=O)NCC(=O)N2CCN(CCCCC(=O)O)CC2)nc1-c1ccccc1)C1CCCCC1. The lowest BCUT2D eigenvalue weighted by Gasteiger charge is -2.34. The number of aliphatic carboxylic acids is 1. The number of nitrogens with zero attached hydrogens (tertiary/aromatic N) is 4. The van der Waals surface area contributed by atoms with E-state index in [1.165, 1.54) is 30.6 Å². The average Bonchev–Trinajstić information content (AvgIpc) is 3.40. The number of rotatable bonds is 11. The van der Waals surface area contributed by atoms with Crippen LogP contribution < -0.4 is 10.2 Å². The molecule has 2 aliphatic rings. The Morgan fingerprint density at radius 3 is 2.45 bits per heavy atom. The van der Waals surface area contributed by atoms with Crippen molar-refractivity contribution < 1.29 is 19.5 Å². The molecule has 2 amide bonds. The molecule has 2 aromatic rings. The molecule has 0 atom stereocenters. The summed E-state index contributed by atoms with van der Waals surface area (Å²) >= 11 is 1.40. The largest absolute Gasteiger partial charge is 0.481 e. The molecule has 10 heteroatoms. The second-order valence-corrected chi connectivity index (χ2v) is 11.2. The lowest BCUT2D eigenvalue weighted by atomic mass is 9.94. The molecule has 1 aromatic carbocycles. The summed E-state index contributed by atoms with van der Waals surface area (Å²) in [6.07, 6.45) is 7.73. The zero-order valence-corrected chi connectivity index (χ0v) is 23.0. The summed E-state index contributed by atoms with van der Waals surface area (Å²) in [6.45, 7) is 3.54. The number of nitrogens with one attached hydrogen (secondary N) is 1. The molecule has 1 saturated heterocycles. The number of thiazole rings is 1. The summed E-state index contributed by atoms with van der Waals surface area (Å²) in [5.74, 6) is -1.17. The molecule has 0 unspecified atom stereocenters. The monoisotopic (exact) mass is 541 g/mol. The van der Waals surface area contributed by atoms with Crippen molar-refractivity contribution >= 4 is 34.1 Å². The highest BCUT2D eigenvalue weighted by Crippen LogP contribution is 2.38. The van der Waals surface area contributed by atoms with Crippen molar-refractivity contribution in [1.29, 1.82) is 0 Å². The number of amides is 2. The molecule has 1 saturated carbocycles. The topological polar surface area (TPSA) is 106 Å². The predicted molar refractivity (Wildman–Crippen MR) is 150 cm³/mol. The summed E-state index contributed by atoms with van der Waals surface area (Å²) in [7, 11) is 2.10. The van der Waals surface area contributed by atoms with Crippen LogP contribution in [0.5, 0.6) is 0 Å². The summed E-state index contributed by atoms with van der Waals surface area (Å²) in [5, 5.41) is 12.9. The molecule has 1 aliphatic heterocycles. The van der Waals surface area contributed by atoms with E-state index in [2.05, 4.69) is 22.2 Å². The van der Waals surface area contributed by atoms with E-state index in [-0.39, 0.29) is 24.8 Å². The number of carbonyl (C=O) groups is 3. The third-order valence-corrected chi connectivity index (χ3v) is 8.68. The Morgan fingerprint density at radius 1 is 1.05 bits per heavy atom. The van der Waals surface area contributed by atoms with Crippen molar-refractivity contribution in [3.63, 3.8) is 0 Å². The first-order valence-corrected chi connectivity index (χ1v) is 14.5. The average molecular weight is 542 g/mol. The Labute approximate surface area is 228 Å². The van der Waals surface area contributed by atoms with Gasteiger partial charge in [-0.25, -0.2) is 4.98 Å². The smallest absolute Gasteiger partial charge is 0.303 e. The van der Waals surface area contributed by atoms with Crippen molar-refractivity contribution in [2.75, 3.05) is 51.2 Å². The summed E-state index contributed by atoms with van der Waals surface area (Å²) in [6, 6.07) is 10.4. The van der Waals surface area contributed by atoms with Crippen molar-refractivity contribution in [3.8, 4) is 11.3 Å². The third kappa shape index (κ3) is 7.54. The maximum Gasteiger partial charge on any atom is 0.303 e. The Bertz CT molecular complexity index is 1080. The zero-order valence-electron chi connectivity index (χ0n) is 22.2. The fourth-order valence-electron chi connectivity index (χ4n) is 5.24. The van der Waals surface area contributed by atoms with E-state index in [0.717, 1.165) is 55.2 Å². The molecule has 0 radical (unpaired) electrons. The van der Waals surface area contributed by atoms with Gasteiger partial charge in [0.2, 0.25) is 5.91 Å². The summed E-state index contributed by atoms with van der Waals surface area (Å²) < 4.78 is 0. The van der Waals surface area contributed by atoms with E-state index in [4.69, 9.17) is 10.1 Å². The number of unbranched alkanes of at least 4 members (excludes halogenated alkanes) is 1. The van der Waals surface area contributed by atoms with E-state index in [1.807, 2.05) is 30.3 Å². The minimum atomic E-state index is -0.760. The van der Waals surface area contributed by atoms with Gasteiger partial charge in [0.05, 0.1) is 6.54 Å². The van der Waals surface area contributed by atoms with Crippen LogP contribution in [0.3, 0.4) is 0 Å². The molecule has 2 N–H and O–H groups in total. The van der Waals surface area contributed by atoms with Crippen molar-refractivity contribution in [1.82, 2.24) is 20.1 Å². The molecule has 1 aromatic heterocycles. The third-order valence-electron chi connectivity index (χ3n) is 7.53. The molecule has 9 nitrogen and oxygen atoms in total. The number of carbonyl (C=O) groups excluding carboxylic acids is 2. The Kier molecular flexibility index (Phi) is 10.1. The number of hydrogen-bond donors (Lipinski definition) is 2. The number of anilines is 1. The van der Waals surface area contributed by atoms with E-state index >= 15 is 0 Å². The van der Waals surface area contributed by atoms with Gasteiger partial charge < -0.3 is 20.2 Å². The van der Waals surface area contributed by atoms with Gasteiger partial charge in [-0.2, -0.15) is 0 Å². The Morgan fingerprint density at radius 2 is 1.76 bits per heavy atom. The summed E-state index contributed by atoms with van der Waals surface area (Å²) in [5.41, 5.74) is 1.80. The van der Waals surface area contributed by atoms with Gasteiger partial charge >= 0.3 is 5.97 Å². The molecular formula is C28H39N5O4S. The number of aromatic nitrogens is 1. The second kappa shape index (κ2) is 13.7. The van der Waals surface area contributed by atoms with E-state index < -0.39 is 5.97 Å². The minimum Gasteiger partial charge on any atom is -0.481 e. The second-order valence-electron chi connectivity index (χ2n) is 10.2. The normalized spacial score (nSPS) is 16.8. The van der Waals surface area contributed by atoms with Gasteiger partial charge in [0.1, 0.15) is 10.7 Å². The van der Waals surface area contributed by atoms with E-state index in [1.54, 1.807) is 4.90 Å². The maximum absolute atomic E-state index is 13.1. The number of hydrogen-bond acceptors (Lipinski definition) is 7. The van der Waals surface area contributed by atoms with Crippen LogP contribution in [0.1, 0.15) is 61.2 Å². The van der Waals surface area contributed by atoms with Gasteiger partial charge in [0, 0.05) is 51.3 Å². The van der Waals surface area contributed by atoms with Crippen molar-refractivity contribution in [2.24, 2.45) is 0 Å². The minimum absolute atomic E-state index is 0.0501. The van der Waals surface area contributed by atoms with Gasteiger partial charge in [0.15, 0.2) is 5.01 Å². The van der Waals surface area contributed by atoms with Crippen LogP contribution >= 0.6 is 11.3 Å². The Balaban J connectivity index is 1.32. The zero-order chi connectivity index (χ0) is 26.9. The Hall–Kier alpha value is -2.98. The molecule has 2 heterocycles. The van der Waals surface area contributed by atoms with Crippen LogP contribution in [-0.4, -0.2) is 90.0 Å². The molecule has 4 rings (SSSR count). The number of carboxylic acid groups (broad SMARTS) is 1. The highest BCUT2D eigenvalue weighted by molar-refractivity contribution is 7.18. The number of piperazine rings is 1. The van der Waals surface area contributed by atoms with Crippen LogP contribution in [0.2, 0.25) is 0 Å². The predicted octanol–water partition coefficient (Wildman–Crippen LogP) is 3.71. The fourth-order valence-corrected chi connectivity index (χ4v) is 6.28. The van der Waals surface area contributed by atoms with E-state index in [0.29, 0.717) is 30.6 Å². The van der Waals surface area contributed by atoms with Gasteiger partial charge in [-0.05, 0) is 32.2 Å². The van der Waals surface area contributed by atoms with Crippen molar-refractivity contribution in [2.45, 2.75) is 57.4 Å². The number of carboxylic acids is 1. The van der Waals surface area contributed by atoms with Crippen LogP contribution in [0.4, 0.5) is 5.00 Å². The molecule has 38 heavy (non-hydrogen) atoms. The van der Waals surface area contributed by atoms with E-state index in [9.17, 15) is 14.4 Å². The molecule has 2 fully saturated rings. The highest BCUT2D eigenvalue weighted by atomic mass is 32.1. The first-order valence-electron chi connectivity index (χ1n) is 13.7. The van der Waals surface area contributed by atoms with Crippen LogP contribution in [0.15, 0.2) is 30.3 Å². The molecule has 1 aliphatic carbocycles. The fraction of sp³-hybridized carbons (Fsp3) is 0.571. The van der Waals surface area contributed by atoms with Gasteiger partial charge in [-0.1, -0.05) is 60.9 Å². The molecule has 0 bridgehead atoms. The standard InChI is InChI=1S/C28H39N5O4S/c1-31(22-12-6-3-7-13-22)28-25(21-10-4-2-5-11-21)30-27(38-28)26(37)29-20-23(34)33-18-16-32(17-19-33)15-9-8-14-24(35)36/h2,4-5,10-11,22H,3,6-9,12-20H2,1H3,(H,29,37)(H,35,36). The lowest BCUT2D eigenvalue weighted by Crippen LogP contribution is -2.51. The van der Waals surface area contributed by atoms with Crippen LogP contribution in [0, 0.1) is 0 Å². The molecular weight excluding hydrogens is 502 g/mol.